The monoisotopic (exact) mass is 541 g/mol. The quantitative estimate of drug-likeness (QED) is 0.271. The molecule has 0 amide bonds. The fourth-order valence-electron chi connectivity index (χ4n) is 3.81. The molecule has 172 valence electrons. The van der Waals surface area contributed by atoms with Crippen LogP contribution in [0, 0.1) is 0 Å². The van der Waals surface area contributed by atoms with Gasteiger partial charge in [0.25, 0.3) is 0 Å². The lowest BCUT2D eigenvalue weighted by atomic mass is 10.1. The van der Waals surface area contributed by atoms with E-state index in [0.29, 0.717) is 13.1 Å². The van der Waals surface area contributed by atoms with Crippen LogP contribution in [-0.4, -0.2) is 47.4 Å². The lowest BCUT2D eigenvalue weighted by Crippen LogP contribution is -2.36. The Labute approximate surface area is 202 Å². The highest BCUT2D eigenvalue weighted by Gasteiger charge is 2.17. The minimum absolute atomic E-state index is 0. The van der Waals surface area contributed by atoms with Gasteiger partial charge in [-0.05, 0) is 30.4 Å². The molecule has 8 heteroatoms. The minimum Gasteiger partial charge on any atom is -0.393 e. The summed E-state index contributed by atoms with van der Waals surface area (Å²) >= 11 is 0. The van der Waals surface area contributed by atoms with Gasteiger partial charge in [-0.15, -0.1) is 24.0 Å². The zero-order chi connectivity index (χ0) is 21.3. The van der Waals surface area contributed by atoms with Crippen molar-refractivity contribution in [3.63, 3.8) is 0 Å². The summed E-state index contributed by atoms with van der Waals surface area (Å²) in [5.74, 6) is 1.70. The lowest BCUT2D eigenvalue weighted by molar-refractivity contribution is 0.0792. The normalized spacial score (nSPS) is 15.5. The van der Waals surface area contributed by atoms with Gasteiger partial charge < -0.3 is 20.3 Å². The van der Waals surface area contributed by atoms with Crippen molar-refractivity contribution in [2.45, 2.75) is 65.3 Å². The van der Waals surface area contributed by atoms with Crippen LogP contribution in [0.4, 0.5) is 0 Å². The highest BCUT2D eigenvalue weighted by Crippen LogP contribution is 2.16. The molecule has 7 nitrogen and oxygen atoms in total. The molecule has 0 atom stereocenters. The van der Waals surface area contributed by atoms with E-state index in [-0.39, 0.29) is 30.1 Å². The van der Waals surface area contributed by atoms with Gasteiger partial charge in [0.1, 0.15) is 5.76 Å². The molecule has 0 saturated carbocycles. The fraction of sp³-hybridized carbons (Fsp3) is 0.565. The topological polar surface area (TPSA) is 85.9 Å². The number of hydrogen-bond acceptors (Lipinski definition) is 5. The Hall–Kier alpha value is -1.65. The Balaban J connectivity index is 0.00000341. The number of aromatic nitrogens is 1. The van der Waals surface area contributed by atoms with Gasteiger partial charge in [0.15, 0.2) is 5.96 Å². The molecule has 3 N–H and O–H groups in total. The standard InChI is InChI=1S/C23H35N5O2.HI/c1-4-21-20(22(5-2)30-27-21)15-26-23(24-3)25-14-17-6-8-18(9-7-17)16-28-12-10-19(29)11-13-28;/h6-9,19,29H,4-5,10-16H2,1-3H3,(H2,24,25,26);1H. The van der Waals surface area contributed by atoms with Gasteiger partial charge in [0.05, 0.1) is 11.8 Å². The van der Waals surface area contributed by atoms with Crippen molar-refractivity contribution in [1.82, 2.24) is 20.7 Å². The molecule has 1 fully saturated rings. The largest absolute Gasteiger partial charge is 0.393 e. The number of hydrogen-bond donors (Lipinski definition) is 3. The van der Waals surface area contributed by atoms with Crippen LogP contribution in [0.2, 0.25) is 0 Å². The van der Waals surface area contributed by atoms with E-state index in [4.69, 9.17) is 4.52 Å². The Morgan fingerprint density at radius 3 is 2.35 bits per heavy atom. The zero-order valence-corrected chi connectivity index (χ0v) is 21.2. The third-order valence-corrected chi connectivity index (χ3v) is 5.71. The van der Waals surface area contributed by atoms with Gasteiger partial charge in [0.2, 0.25) is 0 Å². The predicted octanol–water partition coefficient (Wildman–Crippen LogP) is 3.24. The van der Waals surface area contributed by atoms with Crippen LogP contribution in [0.5, 0.6) is 0 Å². The maximum atomic E-state index is 9.64. The summed E-state index contributed by atoms with van der Waals surface area (Å²) in [5, 5.41) is 20.6. The molecular formula is C23H36IN5O2. The maximum absolute atomic E-state index is 9.64. The Morgan fingerprint density at radius 2 is 1.74 bits per heavy atom. The lowest BCUT2D eigenvalue weighted by Gasteiger charge is -2.29. The Morgan fingerprint density at radius 1 is 1.10 bits per heavy atom. The SMILES string of the molecule is CCc1noc(CC)c1CNC(=NC)NCc1ccc(CN2CCC(O)CC2)cc1.I. The van der Waals surface area contributed by atoms with Crippen LogP contribution in [0.15, 0.2) is 33.8 Å². The number of benzene rings is 1. The van der Waals surface area contributed by atoms with Crippen LogP contribution >= 0.6 is 24.0 Å². The number of guanidine groups is 1. The van der Waals surface area contributed by atoms with E-state index in [1.165, 1.54) is 11.1 Å². The molecule has 1 aliphatic rings. The average Bonchev–Trinajstić information content (AvgIpc) is 3.18. The van der Waals surface area contributed by atoms with Gasteiger partial charge in [-0.2, -0.15) is 0 Å². The van der Waals surface area contributed by atoms with E-state index in [1.54, 1.807) is 7.05 Å². The van der Waals surface area contributed by atoms with Crippen LogP contribution < -0.4 is 10.6 Å². The number of rotatable bonds is 8. The van der Waals surface area contributed by atoms with Gasteiger partial charge in [-0.25, -0.2) is 0 Å². The number of aliphatic hydroxyl groups is 1. The second kappa shape index (κ2) is 13.0. The number of nitrogens with zero attached hydrogens (tertiary/aromatic N) is 3. The number of nitrogens with one attached hydrogen (secondary N) is 2. The van der Waals surface area contributed by atoms with E-state index < -0.39 is 0 Å². The summed E-state index contributed by atoms with van der Waals surface area (Å²) in [6, 6.07) is 8.71. The number of piperidine rings is 1. The van der Waals surface area contributed by atoms with Crippen molar-refractivity contribution in [3.05, 3.63) is 52.4 Å². The second-order valence-corrected chi connectivity index (χ2v) is 7.84. The molecular weight excluding hydrogens is 505 g/mol. The van der Waals surface area contributed by atoms with Crippen LogP contribution in [0.25, 0.3) is 0 Å². The van der Waals surface area contributed by atoms with Gasteiger partial charge >= 0.3 is 0 Å². The summed E-state index contributed by atoms with van der Waals surface area (Å²) in [5.41, 5.74) is 4.67. The van der Waals surface area contributed by atoms with Crippen LogP contribution in [0.3, 0.4) is 0 Å². The molecule has 0 spiro atoms. The number of aliphatic imine (C=N–C) groups is 1. The van der Waals surface area contributed by atoms with Crippen molar-refractivity contribution in [2.24, 2.45) is 4.99 Å². The zero-order valence-electron chi connectivity index (χ0n) is 18.9. The molecule has 0 radical (unpaired) electrons. The first-order chi connectivity index (χ1) is 14.6. The van der Waals surface area contributed by atoms with Gasteiger partial charge in [-0.3, -0.25) is 9.89 Å². The minimum atomic E-state index is -0.121. The molecule has 1 saturated heterocycles. The first-order valence-electron chi connectivity index (χ1n) is 11.0. The van der Waals surface area contributed by atoms with Gasteiger partial charge in [0, 0.05) is 51.8 Å². The highest BCUT2D eigenvalue weighted by atomic mass is 127. The third kappa shape index (κ3) is 7.47. The molecule has 1 aromatic carbocycles. The summed E-state index contributed by atoms with van der Waals surface area (Å²) in [6.07, 6.45) is 3.33. The van der Waals surface area contributed by atoms with E-state index >= 15 is 0 Å². The van der Waals surface area contributed by atoms with Crippen LogP contribution in [0.1, 0.15) is 54.8 Å². The van der Waals surface area contributed by atoms with Crippen molar-refractivity contribution >= 4 is 29.9 Å². The van der Waals surface area contributed by atoms with Crippen molar-refractivity contribution in [3.8, 4) is 0 Å². The average molecular weight is 541 g/mol. The number of halogens is 1. The first kappa shape index (κ1) is 25.6. The maximum Gasteiger partial charge on any atom is 0.191 e. The molecule has 0 unspecified atom stereocenters. The third-order valence-electron chi connectivity index (χ3n) is 5.71. The summed E-state index contributed by atoms with van der Waals surface area (Å²) < 4.78 is 5.44. The van der Waals surface area contributed by atoms with Crippen molar-refractivity contribution in [1.29, 1.82) is 0 Å². The van der Waals surface area contributed by atoms with E-state index in [0.717, 1.165) is 68.3 Å². The van der Waals surface area contributed by atoms with Gasteiger partial charge in [-0.1, -0.05) is 43.3 Å². The summed E-state index contributed by atoms with van der Waals surface area (Å²) in [7, 11) is 1.78. The van der Waals surface area contributed by atoms with Crippen molar-refractivity contribution in [2.75, 3.05) is 20.1 Å². The molecule has 2 aromatic rings. The van der Waals surface area contributed by atoms with E-state index in [2.05, 4.69) is 63.8 Å². The second-order valence-electron chi connectivity index (χ2n) is 7.84. The molecule has 1 aromatic heterocycles. The number of likely N-dealkylation sites (tertiary alicyclic amines) is 1. The molecule has 1 aliphatic heterocycles. The summed E-state index contributed by atoms with van der Waals surface area (Å²) in [6.45, 7) is 8.42. The molecule has 0 bridgehead atoms. The predicted molar refractivity (Wildman–Crippen MR) is 135 cm³/mol. The number of aryl methyl sites for hydroxylation is 2. The van der Waals surface area contributed by atoms with Crippen molar-refractivity contribution < 1.29 is 9.63 Å². The number of aliphatic hydroxyl groups excluding tert-OH is 1. The fourth-order valence-corrected chi connectivity index (χ4v) is 3.81. The first-order valence-corrected chi connectivity index (χ1v) is 11.0. The smallest absolute Gasteiger partial charge is 0.191 e. The Kier molecular flexibility index (Phi) is 10.8. The molecule has 3 rings (SSSR count). The molecule has 2 heterocycles. The van der Waals surface area contributed by atoms with E-state index in [9.17, 15) is 5.11 Å². The van der Waals surface area contributed by atoms with Crippen LogP contribution in [-0.2, 0) is 32.5 Å². The molecule has 31 heavy (non-hydrogen) atoms. The summed E-state index contributed by atoms with van der Waals surface area (Å²) in [4.78, 5) is 6.74. The Bertz CT molecular complexity index is 792. The highest BCUT2D eigenvalue weighted by molar-refractivity contribution is 14.0. The molecule has 0 aliphatic carbocycles. The van der Waals surface area contributed by atoms with E-state index in [1.807, 2.05) is 0 Å².